The number of carbonyl (C=O) groups is 1. The lowest BCUT2D eigenvalue weighted by Gasteiger charge is -2.16. The van der Waals surface area contributed by atoms with Crippen LogP contribution < -0.4 is 21.9 Å². The summed E-state index contributed by atoms with van der Waals surface area (Å²) in [7, 11) is 0. The number of amides is 1. The molecule has 2 aromatic carbocycles. The molecule has 1 amide bonds. The molecule has 3 rings (SSSR count). The molecule has 0 spiro atoms. The second kappa shape index (κ2) is 9.09. The van der Waals surface area contributed by atoms with Crippen molar-refractivity contribution in [3.63, 3.8) is 0 Å². The summed E-state index contributed by atoms with van der Waals surface area (Å²) in [6, 6.07) is 11.4. The molecule has 0 radical (unpaired) electrons. The molecule has 0 atom stereocenters. The Morgan fingerprint density at radius 3 is 2.24 bits per heavy atom. The van der Waals surface area contributed by atoms with Crippen molar-refractivity contribution in [1.82, 2.24) is 9.78 Å². The van der Waals surface area contributed by atoms with Gasteiger partial charge >= 0.3 is 12.4 Å². The van der Waals surface area contributed by atoms with Crippen LogP contribution in [0.3, 0.4) is 0 Å². The summed E-state index contributed by atoms with van der Waals surface area (Å²) in [5.41, 5.74) is 3.97. The van der Waals surface area contributed by atoms with Gasteiger partial charge in [0.15, 0.2) is 5.69 Å². The molecule has 7 nitrogen and oxygen atoms in total. The highest BCUT2D eigenvalue weighted by molar-refractivity contribution is 5.89. The maximum Gasteiger partial charge on any atom is 0.435 e. The third-order valence-corrected chi connectivity index (χ3v) is 4.48. The molecule has 0 bridgehead atoms. The number of hydrazine groups is 1. The van der Waals surface area contributed by atoms with Gasteiger partial charge in [0.05, 0.1) is 17.1 Å². The molecule has 3 aromatic rings. The van der Waals surface area contributed by atoms with Crippen LogP contribution in [0.1, 0.15) is 23.9 Å². The summed E-state index contributed by atoms with van der Waals surface area (Å²) < 4.78 is 78.6. The molecule has 1 heterocycles. The molecule has 5 N–H and O–H groups in total. The maximum atomic E-state index is 13.2. The molecule has 0 aliphatic carbocycles. The molecule has 0 fully saturated rings. The van der Waals surface area contributed by atoms with Gasteiger partial charge in [-0.25, -0.2) is 10.5 Å². The lowest BCUT2D eigenvalue weighted by molar-refractivity contribution is -0.143. The zero-order valence-electron chi connectivity index (χ0n) is 17.4. The number of nitrogens with two attached hydrogens (primary N) is 2. The minimum absolute atomic E-state index is 0.0520. The Morgan fingerprint density at radius 1 is 1.03 bits per heavy atom. The van der Waals surface area contributed by atoms with Crippen molar-refractivity contribution in [3.8, 4) is 5.69 Å². The molecule has 13 heteroatoms. The summed E-state index contributed by atoms with van der Waals surface area (Å²) in [5, 5.41) is 6.84. The number of carbonyl (C=O) groups excluding carboxylic acids is 1. The van der Waals surface area contributed by atoms with Gasteiger partial charge < -0.3 is 11.1 Å². The lowest BCUT2D eigenvalue weighted by atomic mass is 10.1. The van der Waals surface area contributed by atoms with Crippen molar-refractivity contribution in [2.24, 2.45) is 11.6 Å². The molecular formula is C21H18F6N6O. The van der Waals surface area contributed by atoms with E-state index in [1.807, 2.05) is 0 Å². The predicted octanol–water partition coefficient (Wildman–Crippen LogP) is 4.51. The van der Waals surface area contributed by atoms with E-state index < -0.39 is 23.7 Å². The van der Waals surface area contributed by atoms with Crippen molar-refractivity contribution in [2.75, 3.05) is 10.3 Å². The number of hydrogen-bond acceptors (Lipinski definition) is 5. The van der Waals surface area contributed by atoms with Crippen LogP contribution in [0.5, 0.6) is 0 Å². The Bertz CT molecular complexity index is 1210. The Morgan fingerprint density at radius 2 is 1.68 bits per heavy atom. The van der Waals surface area contributed by atoms with E-state index in [0.29, 0.717) is 16.9 Å². The SMILES string of the molecule is CC(=O)Nc1cccc(N(N)/C=C(\N)c2ccc(-n3nc(C(F)(F)F)cc3C(F)(F)F)cc2)c1. The van der Waals surface area contributed by atoms with Crippen molar-refractivity contribution in [1.29, 1.82) is 0 Å². The molecule has 0 aliphatic rings. The number of halogens is 6. The lowest BCUT2D eigenvalue weighted by Crippen LogP contribution is -2.25. The Kier molecular flexibility index (Phi) is 6.59. The van der Waals surface area contributed by atoms with Crippen LogP contribution in [0, 0.1) is 0 Å². The van der Waals surface area contributed by atoms with Crippen LogP contribution in [0.2, 0.25) is 0 Å². The van der Waals surface area contributed by atoms with E-state index in [1.54, 1.807) is 24.3 Å². The van der Waals surface area contributed by atoms with Gasteiger partial charge in [-0.1, -0.05) is 18.2 Å². The van der Waals surface area contributed by atoms with Gasteiger partial charge in [0.2, 0.25) is 5.91 Å². The number of rotatable bonds is 5. The van der Waals surface area contributed by atoms with E-state index in [2.05, 4.69) is 10.4 Å². The van der Waals surface area contributed by atoms with E-state index in [-0.39, 0.29) is 28.0 Å². The van der Waals surface area contributed by atoms with E-state index in [1.165, 1.54) is 30.3 Å². The summed E-state index contributed by atoms with van der Waals surface area (Å²) in [6.07, 6.45) is -8.77. The molecule has 0 saturated carbocycles. The van der Waals surface area contributed by atoms with Gasteiger partial charge in [-0.05, 0) is 35.9 Å². The number of benzene rings is 2. The second-order valence-corrected chi connectivity index (χ2v) is 7.09. The fraction of sp³-hybridized carbons (Fsp3) is 0.143. The van der Waals surface area contributed by atoms with E-state index >= 15 is 0 Å². The minimum Gasteiger partial charge on any atom is -0.397 e. The Labute approximate surface area is 189 Å². The fourth-order valence-electron chi connectivity index (χ4n) is 2.96. The average Bonchev–Trinajstić information content (AvgIpc) is 3.20. The van der Waals surface area contributed by atoms with Crippen LogP contribution in [-0.2, 0) is 17.1 Å². The Balaban J connectivity index is 1.88. The molecule has 0 unspecified atom stereocenters. The van der Waals surface area contributed by atoms with Gasteiger partial charge in [0.1, 0.15) is 5.69 Å². The fourth-order valence-corrected chi connectivity index (χ4v) is 2.96. The van der Waals surface area contributed by atoms with Gasteiger partial charge in [-0.15, -0.1) is 0 Å². The first-order chi connectivity index (χ1) is 15.8. The van der Waals surface area contributed by atoms with E-state index in [9.17, 15) is 31.1 Å². The van der Waals surface area contributed by atoms with Crippen molar-refractivity contribution >= 4 is 23.0 Å². The van der Waals surface area contributed by atoms with Crippen LogP contribution in [0.25, 0.3) is 11.4 Å². The van der Waals surface area contributed by atoms with E-state index in [4.69, 9.17) is 11.6 Å². The number of alkyl halides is 6. The van der Waals surface area contributed by atoms with Crippen molar-refractivity contribution in [3.05, 3.63) is 77.7 Å². The summed E-state index contributed by atoms with van der Waals surface area (Å²) >= 11 is 0. The summed E-state index contributed by atoms with van der Waals surface area (Å²) in [4.78, 5) is 11.2. The third-order valence-electron chi connectivity index (χ3n) is 4.48. The monoisotopic (exact) mass is 484 g/mol. The molecule has 0 aliphatic heterocycles. The van der Waals surface area contributed by atoms with Gasteiger partial charge in [0.25, 0.3) is 0 Å². The van der Waals surface area contributed by atoms with Crippen molar-refractivity contribution < 1.29 is 31.1 Å². The smallest absolute Gasteiger partial charge is 0.397 e. The first kappa shape index (κ1) is 24.6. The highest BCUT2D eigenvalue weighted by Crippen LogP contribution is 2.36. The number of nitrogens with zero attached hydrogens (tertiary/aromatic N) is 3. The zero-order chi connectivity index (χ0) is 25.3. The topological polar surface area (TPSA) is 102 Å². The molecule has 34 heavy (non-hydrogen) atoms. The Hall–Kier alpha value is -4.00. The van der Waals surface area contributed by atoms with Gasteiger partial charge in [-0.2, -0.15) is 31.4 Å². The quantitative estimate of drug-likeness (QED) is 0.281. The first-order valence-electron chi connectivity index (χ1n) is 9.50. The van der Waals surface area contributed by atoms with Crippen LogP contribution in [0.15, 0.2) is 60.8 Å². The summed E-state index contributed by atoms with van der Waals surface area (Å²) in [5.74, 6) is 5.71. The zero-order valence-corrected chi connectivity index (χ0v) is 17.4. The van der Waals surface area contributed by atoms with Gasteiger partial charge in [-0.3, -0.25) is 9.80 Å². The average molecular weight is 484 g/mol. The highest BCUT2D eigenvalue weighted by atomic mass is 19.4. The number of nitrogens with one attached hydrogen (secondary N) is 1. The largest absolute Gasteiger partial charge is 0.435 e. The second-order valence-electron chi connectivity index (χ2n) is 7.09. The van der Waals surface area contributed by atoms with Crippen LogP contribution in [0.4, 0.5) is 37.7 Å². The third kappa shape index (κ3) is 5.67. The molecule has 1 aromatic heterocycles. The minimum atomic E-state index is -5.06. The summed E-state index contributed by atoms with van der Waals surface area (Å²) in [6.45, 7) is 1.35. The first-order valence-corrected chi connectivity index (χ1v) is 9.50. The predicted molar refractivity (Wildman–Crippen MR) is 113 cm³/mol. The normalized spacial score (nSPS) is 12.5. The molecule has 180 valence electrons. The van der Waals surface area contributed by atoms with Crippen LogP contribution >= 0.6 is 0 Å². The van der Waals surface area contributed by atoms with E-state index in [0.717, 1.165) is 12.1 Å². The standard InChI is InChI=1S/C21H18F6N6O/c1-12(34)30-14-3-2-4-16(9-14)32(29)11-17(28)13-5-7-15(8-6-13)33-19(21(25,26)27)10-18(31-33)20(22,23)24/h2-11H,28-29H2,1H3,(H,30,34)/b17-11-. The highest BCUT2D eigenvalue weighted by Gasteiger charge is 2.42. The number of hydrogen-bond donors (Lipinski definition) is 3. The molecular weight excluding hydrogens is 466 g/mol. The molecule has 0 saturated heterocycles. The maximum absolute atomic E-state index is 13.2. The number of aromatic nitrogens is 2. The number of anilines is 2. The van der Waals surface area contributed by atoms with Crippen LogP contribution in [-0.4, -0.2) is 15.7 Å². The van der Waals surface area contributed by atoms with Crippen molar-refractivity contribution in [2.45, 2.75) is 19.3 Å². The van der Waals surface area contributed by atoms with Gasteiger partial charge in [0, 0.05) is 24.9 Å².